The molecule has 0 unspecified atom stereocenters. The first-order chi connectivity index (χ1) is 15.8. The van der Waals surface area contributed by atoms with Crippen molar-refractivity contribution >= 4 is 63.5 Å². The number of aromatic nitrogens is 3. The fourth-order valence-corrected chi connectivity index (χ4v) is 4.58. The van der Waals surface area contributed by atoms with Crippen LogP contribution in [0.1, 0.15) is 43.0 Å². The molecule has 1 aromatic heterocycles. The zero-order valence-corrected chi connectivity index (χ0v) is 22.2. The molecule has 0 aliphatic rings. The van der Waals surface area contributed by atoms with Gasteiger partial charge in [-0.2, -0.15) is 0 Å². The average Bonchev–Trinajstić information content (AvgIpc) is 3.20. The van der Waals surface area contributed by atoms with Crippen LogP contribution in [0.4, 0.5) is 5.69 Å². The number of halogens is 2. The molecule has 2 aromatic carbocycles. The molecule has 0 radical (unpaired) electrons. The number of hydrogen-bond acceptors (Lipinski definition) is 5. The van der Waals surface area contributed by atoms with Crippen LogP contribution in [0, 0.1) is 9.49 Å². The number of hydrogen-bond donors (Lipinski definition) is 2. The molecule has 0 aliphatic carbocycles. The van der Waals surface area contributed by atoms with Crippen molar-refractivity contribution in [2.45, 2.75) is 38.5 Å². The molecule has 0 saturated carbocycles. The topological polar surface area (TPSA) is 88.9 Å². The Bertz CT molecular complexity index is 1120. The number of rotatable bonds is 9. The molecule has 33 heavy (non-hydrogen) atoms. The lowest BCUT2D eigenvalue weighted by molar-refractivity contribution is -0.113. The van der Waals surface area contributed by atoms with Gasteiger partial charge in [0.2, 0.25) is 5.91 Å². The summed E-state index contributed by atoms with van der Waals surface area (Å²) in [5, 5.41) is 15.6. The molecule has 0 fully saturated rings. The average molecular weight is 598 g/mol. The van der Waals surface area contributed by atoms with Crippen molar-refractivity contribution in [3.8, 4) is 0 Å². The molecule has 3 rings (SSSR count). The first kappa shape index (κ1) is 25.5. The van der Waals surface area contributed by atoms with Crippen LogP contribution < -0.4 is 10.6 Å². The van der Waals surface area contributed by atoms with Gasteiger partial charge < -0.3 is 15.2 Å². The molecule has 0 saturated heterocycles. The van der Waals surface area contributed by atoms with E-state index in [4.69, 9.17) is 11.6 Å². The molecule has 0 spiro atoms. The Kier molecular flexibility index (Phi) is 9.16. The molecule has 2 N–H and O–H groups in total. The number of carbonyl (C=O) groups is 2. The van der Waals surface area contributed by atoms with Crippen LogP contribution in [0.15, 0.2) is 53.7 Å². The van der Waals surface area contributed by atoms with Crippen molar-refractivity contribution in [3.05, 3.63) is 68.5 Å². The summed E-state index contributed by atoms with van der Waals surface area (Å²) in [6.45, 7) is 6.60. The molecular formula is C23H25ClIN5O2S. The minimum absolute atomic E-state index is 0.0629. The summed E-state index contributed by atoms with van der Waals surface area (Å²) in [5.74, 6) is 0.515. The molecule has 7 nitrogen and oxygen atoms in total. The van der Waals surface area contributed by atoms with Crippen molar-refractivity contribution in [1.29, 1.82) is 0 Å². The van der Waals surface area contributed by atoms with E-state index in [0.717, 1.165) is 9.26 Å². The Balaban J connectivity index is 1.71. The molecule has 2 amide bonds. The van der Waals surface area contributed by atoms with Gasteiger partial charge >= 0.3 is 0 Å². The summed E-state index contributed by atoms with van der Waals surface area (Å²) in [4.78, 5) is 25.3. The number of amides is 2. The number of benzene rings is 2. The molecule has 10 heteroatoms. The summed E-state index contributed by atoms with van der Waals surface area (Å²) in [6, 6.07) is 14.2. The third-order valence-electron chi connectivity index (χ3n) is 4.87. The number of nitrogens with one attached hydrogen (secondary N) is 2. The van der Waals surface area contributed by atoms with Gasteiger partial charge in [0.05, 0.1) is 22.4 Å². The zero-order valence-electron chi connectivity index (χ0n) is 18.5. The monoisotopic (exact) mass is 597 g/mol. The number of anilines is 1. The summed E-state index contributed by atoms with van der Waals surface area (Å²) >= 11 is 9.72. The standard InChI is InChI=1S/C23H25ClIN5O2S/c1-4-30-21(20(14(2)3)27-22(32)17-7-5-6-8-18(17)24)28-29-23(30)33-13-19(31)26-16-11-9-15(25)10-12-16/h5-12,14,20H,4,13H2,1-3H3,(H,26,31)(H,27,32)/t20-/m0/s1. The second-order valence-corrected chi connectivity index (χ2v) is 10.2. The highest BCUT2D eigenvalue weighted by atomic mass is 127. The van der Waals surface area contributed by atoms with E-state index in [9.17, 15) is 9.59 Å². The normalized spacial score (nSPS) is 11.9. The van der Waals surface area contributed by atoms with Crippen LogP contribution in [-0.2, 0) is 11.3 Å². The van der Waals surface area contributed by atoms with Crippen LogP contribution in [0.2, 0.25) is 5.02 Å². The minimum Gasteiger partial charge on any atom is -0.342 e. The fraction of sp³-hybridized carbons (Fsp3) is 0.304. The summed E-state index contributed by atoms with van der Waals surface area (Å²) < 4.78 is 3.03. The predicted molar refractivity (Wildman–Crippen MR) is 141 cm³/mol. The molecular weight excluding hydrogens is 573 g/mol. The van der Waals surface area contributed by atoms with Crippen molar-refractivity contribution in [3.63, 3.8) is 0 Å². The van der Waals surface area contributed by atoms with E-state index < -0.39 is 0 Å². The molecule has 174 valence electrons. The zero-order chi connectivity index (χ0) is 24.0. The fourth-order valence-electron chi connectivity index (χ4n) is 3.19. The van der Waals surface area contributed by atoms with Gasteiger partial charge in [0.25, 0.3) is 5.91 Å². The maximum Gasteiger partial charge on any atom is 0.253 e. The van der Waals surface area contributed by atoms with Crippen molar-refractivity contribution < 1.29 is 9.59 Å². The maximum atomic E-state index is 12.9. The van der Waals surface area contributed by atoms with Gasteiger partial charge in [-0.1, -0.05) is 49.3 Å². The maximum absolute atomic E-state index is 12.9. The van der Waals surface area contributed by atoms with Crippen LogP contribution >= 0.6 is 46.0 Å². The summed E-state index contributed by atoms with van der Waals surface area (Å²) in [5.41, 5.74) is 1.16. The Hall–Kier alpha value is -2.11. The summed E-state index contributed by atoms with van der Waals surface area (Å²) in [7, 11) is 0. The third kappa shape index (κ3) is 6.70. The van der Waals surface area contributed by atoms with Crippen LogP contribution in [0.25, 0.3) is 0 Å². The lowest BCUT2D eigenvalue weighted by Gasteiger charge is -2.22. The van der Waals surface area contributed by atoms with Gasteiger partial charge in [0.15, 0.2) is 11.0 Å². The predicted octanol–water partition coefficient (Wildman–Crippen LogP) is 5.41. The first-order valence-electron chi connectivity index (χ1n) is 10.5. The minimum atomic E-state index is -0.365. The lowest BCUT2D eigenvalue weighted by Crippen LogP contribution is -2.34. The molecule has 1 atom stereocenters. The van der Waals surface area contributed by atoms with Crippen molar-refractivity contribution in [2.75, 3.05) is 11.1 Å². The molecule has 0 aliphatic heterocycles. The first-order valence-corrected chi connectivity index (χ1v) is 12.9. The largest absolute Gasteiger partial charge is 0.342 e. The Labute approximate surface area is 216 Å². The smallest absolute Gasteiger partial charge is 0.253 e. The number of carbonyl (C=O) groups excluding carboxylic acids is 2. The van der Waals surface area contributed by atoms with Gasteiger partial charge in [-0.25, -0.2) is 0 Å². The van der Waals surface area contributed by atoms with Gasteiger partial charge in [-0.15, -0.1) is 10.2 Å². The molecule has 3 aromatic rings. The second-order valence-electron chi connectivity index (χ2n) is 7.60. The van der Waals surface area contributed by atoms with E-state index in [1.54, 1.807) is 24.3 Å². The van der Waals surface area contributed by atoms with Gasteiger partial charge in [0.1, 0.15) is 0 Å². The van der Waals surface area contributed by atoms with Gasteiger partial charge in [-0.3, -0.25) is 9.59 Å². The van der Waals surface area contributed by atoms with Gasteiger partial charge in [0, 0.05) is 15.8 Å². The van der Waals surface area contributed by atoms with E-state index in [1.807, 2.05) is 49.6 Å². The molecule has 0 bridgehead atoms. The SMILES string of the molecule is CCn1c(SCC(=O)Nc2ccc(I)cc2)nnc1[C@@H](NC(=O)c1ccccc1Cl)C(C)C. The van der Waals surface area contributed by atoms with E-state index in [0.29, 0.717) is 28.1 Å². The summed E-state index contributed by atoms with van der Waals surface area (Å²) in [6.07, 6.45) is 0. The van der Waals surface area contributed by atoms with E-state index in [2.05, 4.69) is 43.4 Å². The van der Waals surface area contributed by atoms with E-state index >= 15 is 0 Å². The highest BCUT2D eigenvalue weighted by molar-refractivity contribution is 14.1. The molecule has 1 heterocycles. The lowest BCUT2D eigenvalue weighted by atomic mass is 10.0. The Morgan fingerprint density at radius 1 is 1.12 bits per heavy atom. The van der Waals surface area contributed by atoms with Gasteiger partial charge in [-0.05, 0) is 71.8 Å². The van der Waals surface area contributed by atoms with Crippen LogP contribution in [0.5, 0.6) is 0 Å². The van der Waals surface area contributed by atoms with Crippen LogP contribution in [-0.4, -0.2) is 32.3 Å². The number of thioether (sulfide) groups is 1. The van der Waals surface area contributed by atoms with E-state index in [1.165, 1.54) is 11.8 Å². The quantitative estimate of drug-likeness (QED) is 0.254. The highest BCUT2D eigenvalue weighted by Gasteiger charge is 2.26. The van der Waals surface area contributed by atoms with E-state index in [-0.39, 0.29) is 29.5 Å². The van der Waals surface area contributed by atoms with Crippen molar-refractivity contribution in [2.24, 2.45) is 5.92 Å². The Morgan fingerprint density at radius 3 is 2.45 bits per heavy atom. The second kappa shape index (κ2) is 11.8. The van der Waals surface area contributed by atoms with Crippen molar-refractivity contribution in [1.82, 2.24) is 20.1 Å². The highest BCUT2D eigenvalue weighted by Crippen LogP contribution is 2.26. The Morgan fingerprint density at radius 2 is 1.82 bits per heavy atom. The number of nitrogens with zero attached hydrogens (tertiary/aromatic N) is 3. The van der Waals surface area contributed by atoms with Crippen LogP contribution in [0.3, 0.4) is 0 Å². The third-order valence-corrected chi connectivity index (χ3v) is 6.89.